The van der Waals surface area contributed by atoms with E-state index in [2.05, 4.69) is 5.32 Å². The molecule has 0 aliphatic rings. The molecular formula is C13H26N2O3. The highest BCUT2D eigenvalue weighted by Gasteiger charge is 2.25. The smallest absolute Gasteiger partial charge is 0.323 e. The minimum atomic E-state index is -0.340. The summed E-state index contributed by atoms with van der Waals surface area (Å²) < 4.78 is 5.03. The van der Waals surface area contributed by atoms with Crippen molar-refractivity contribution in [2.45, 2.75) is 53.1 Å². The molecule has 0 saturated carbocycles. The predicted molar refractivity (Wildman–Crippen MR) is 71.2 cm³/mol. The van der Waals surface area contributed by atoms with E-state index >= 15 is 0 Å². The molecule has 5 nitrogen and oxygen atoms in total. The van der Waals surface area contributed by atoms with E-state index in [1.807, 2.05) is 32.6 Å². The number of nitrogens with one attached hydrogen (secondary N) is 1. The van der Waals surface area contributed by atoms with Crippen LogP contribution < -0.4 is 5.32 Å². The third kappa shape index (κ3) is 6.00. The first-order valence-corrected chi connectivity index (χ1v) is 6.66. The van der Waals surface area contributed by atoms with E-state index in [0.717, 1.165) is 0 Å². The van der Waals surface area contributed by atoms with Gasteiger partial charge in [0.2, 0.25) is 5.91 Å². The summed E-state index contributed by atoms with van der Waals surface area (Å²) in [4.78, 5) is 25.3. The van der Waals surface area contributed by atoms with Gasteiger partial charge >= 0.3 is 5.97 Å². The maximum atomic E-state index is 11.8. The Labute approximate surface area is 110 Å². The van der Waals surface area contributed by atoms with Crippen LogP contribution in [0, 0.1) is 0 Å². The Morgan fingerprint density at radius 1 is 1.22 bits per heavy atom. The molecule has 0 fully saturated rings. The van der Waals surface area contributed by atoms with Crippen molar-refractivity contribution in [3.8, 4) is 0 Å². The number of amides is 1. The summed E-state index contributed by atoms with van der Waals surface area (Å²) in [6.07, 6.45) is 0.641. The number of esters is 1. The van der Waals surface area contributed by atoms with Crippen LogP contribution in [0.15, 0.2) is 0 Å². The molecule has 1 amide bonds. The lowest BCUT2D eigenvalue weighted by Gasteiger charge is -2.27. The van der Waals surface area contributed by atoms with Gasteiger partial charge in [-0.2, -0.15) is 0 Å². The van der Waals surface area contributed by atoms with E-state index in [-0.39, 0.29) is 30.5 Å². The standard InChI is InChI=1S/C13H26N2O3/c1-6-11(13(17)18-8-3)15(7-2)9-12(16)14-10(4)5/h10-11H,6-9H2,1-5H3,(H,14,16). The van der Waals surface area contributed by atoms with Crippen LogP contribution in [0.5, 0.6) is 0 Å². The second kappa shape index (κ2) is 8.91. The highest BCUT2D eigenvalue weighted by molar-refractivity contribution is 5.80. The van der Waals surface area contributed by atoms with Crippen molar-refractivity contribution in [1.82, 2.24) is 10.2 Å². The van der Waals surface area contributed by atoms with Crippen LogP contribution in [0.2, 0.25) is 0 Å². The zero-order valence-corrected chi connectivity index (χ0v) is 12.2. The van der Waals surface area contributed by atoms with Crippen LogP contribution in [0.3, 0.4) is 0 Å². The van der Waals surface area contributed by atoms with Gasteiger partial charge in [-0.1, -0.05) is 13.8 Å². The maximum Gasteiger partial charge on any atom is 0.323 e. The van der Waals surface area contributed by atoms with Crippen LogP contribution in [-0.4, -0.2) is 48.6 Å². The van der Waals surface area contributed by atoms with Gasteiger partial charge < -0.3 is 10.1 Å². The molecular weight excluding hydrogens is 232 g/mol. The molecule has 5 heteroatoms. The van der Waals surface area contributed by atoms with E-state index in [4.69, 9.17) is 4.74 Å². The zero-order chi connectivity index (χ0) is 14.1. The Morgan fingerprint density at radius 2 is 1.83 bits per heavy atom. The molecule has 0 aromatic carbocycles. The van der Waals surface area contributed by atoms with Crippen molar-refractivity contribution in [3.05, 3.63) is 0 Å². The first-order chi connectivity index (χ1) is 8.46. The molecule has 0 saturated heterocycles. The van der Waals surface area contributed by atoms with Crippen molar-refractivity contribution in [2.24, 2.45) is 0 Å². The van der Waals surface area contributed by atoms with Crippen molar-refractivity contribution in [3.63, 3.8) is 0 Å². The Kier molecular flexibility index (Phi) is 8.37. The van der Waals surface area contributed by atoms with Gasteiger partial charge in [-0.05, 0) is 33.7 Å². The average Bonchev–Trinajstić information content (AvgIpc) is 2.27. The second-order valence-electron chi connectivity index (χ2n) is 4.46. The average molecular weight is 258 g/mol. The molecule has 0 rings (SSSR count). The van der Waals surface area contributed by atoms with Gasteiger partial charge in [0, 0.05) is 6.04 Å². The third-order valence-corrected chi connectivity index (χ3v) is 2.59. The first-order valence-electron chi connectivity index (χ1n) is 6.66. The quantitative estimate of drug-likeness (QED) is 0.664. The Balaban J connectivity index is 4.52. The summed E-state index contributed by atoms with van der Waals surface area (Å²) >= 11 is 0. The fraction of sp³-hybridized carbons (Fsp3) is 0.846. The van der Waals surface area contributed by atoms with E-state index in [0.29, 0.717) is 19.6 Å². The summed E-state index contributed by atoms with van der Waals surface area (Å²) in [5.41, 5.74) is 0. The molecule has 1 unspecified atom stereocenters. The first kappa shape index (κ1) is 16.9. The van der Waals surface area contributed by atoms with Crippen LogP contribution in [0.1, 0.15) is 41.0 Å². The van der Waals surface area contributed by atoms with Crippen LogP contribution in [0.4, 0.5) is 0 Å². The zero-order valence-electron chi connectivity index (χ0n) is 12.2. The lowest BCUT2D eigenvalue weighted by atomic mass is 10.2. The lowest BCUT2D eigenvalue weighted by Crippen LogP contribution is -2.47. The van der Waals surface area contributed by atoms with Gasteiger partial charge in [0.1, 0.15) is 6.04 Å². The number of carbonyl (C=O) groups excluding carboxylic acids is 2. The number of rotatable bonds is 8. The summed E-state index contributed by atoms with van der Waals surface area (Å²) in [5.74, 6) is -0.311. The van der Waals surface area contributed by atoms with Gasteiger partial charge in [0.15, 0.2) is 0 Å². The second-order valence-corrected chi connectivity index (χ2v) is 4.46. The molecule has 1 N–H and O–H groups in total. The Bertz CT molecular complexity index is 267. The minimum absolute atomic E-state index is 0.0606. The normalized spacial score (nSPS) is 12.6. The number of ether oxygens (including phenoxy) is 1. The molecule has 18 heavy (non-hydrogen) atoms. The summed E-state index contributed by atoms with van der Waals surface area (Å²) in [7, 11) is 0. The van der Waals surface area contributed by atoms with Gasteiger partial charge in [0.05, 0.1) is 13.2 Å². The topological polar surface area (TPSA) is 58.6 Å². The molecule has 0 bridgehead atoms. The molecule has 0 heterocycles. The van der Waals surface area contributed by atoms with Crippen LogP contribution in [-0.2, 0) is 14.3 Å². The van der Waals surface area contributed by atoms with Gasteiger partial charge in [-0.3, -0.25) is 14.5 Å². The highest BCUT2D eigenvalue weighted by Crippen LogP contribution is 2.06. The number of hydrogen-bond donors (Lipinski definition) is 1. The van der Waals surface area contributed by atoms with Crippen molar-refractivity contribution >= 4 is 11.9 Å². The van der Waals surface area contributed by atoms with Crippen molar-refractivity contribution in [2.75, 3.05) is 19.7 Å². The number of nitrogens with zero attached hydrogens (tertiary/aromatic N) is 1. The Morgan fingerprint density at radius 3 is 2.22 bits per heavy atom. The van der Waals surface area contributed by atoms with E-state index in [1.165, 1.54) is 0 Å². The third-order valence-electron chi connectivity index (χ3n) is 2.59. The molecule has 0 spiro atoms. The molecule has 0 radical (unpaired) electrons. The number of likely N-dealkylation sites (N-methyl/N-ethyl adjacent to an activating group) is 1. The molecule has 106 valence electrons. The summed E-state index contributed by atoms with van der Waals surface area (Å²) in [6, 6.07) is -0.230. The highest BCUT2D eigenvalue weighted by atomic mass is 16.5. The fourth-order valence-electron chi connectivity index (χ4n) is 1.81. The Hall–Kier alpha value is -1.10. The number of hydrogen-bond acceptors (Lipinski definition) is 4. The fourth-order valence-corrected chi connectivity index (χ4v) is 1.81. The van der Waals surface area contributed by atoms with Crippen molar-refractivity contribution < 1.29 is 14.3 Å². The molecule has 1 atom stereocenters. The van der Waals surface area contributed by atoms with E-state index in [1.54, 1.807) is 6.92 Å². The number of carbonyl (C=O) groups is 2. The maximum absolute atomic E-state index is 11.8. The molecule has 0 aliphatic heterocycles. The van der Waals surface area contributed by atoms with E-state index in [9.17, 15) is 9.59 Å². The van der Waals surface area contributed by atoms with Crippen molar-refractivity contribution in [1.29, 1.82) is 0 Å². The summed E-state index contributed by atoms with van der Waals surface area (Å²) in [5, 5.41) is 2.82. The van der Waals surface area contributed by atoms with E-state index < -0.39 is 0 Å². The monoisotopic (exact) mass is 258 g/mol. The van der Waals surface area contributed by atoms with Gasteiger partial charge in [-0.15, -0.1) is 0 Å². The molecule has 0 aliphatic carbocycles. The minimum Gasteiger partial charge on any atom is -0.465 e. The van der Waals surface area contributed by atoms with Crippen LogP contribution in [0.25, 0.3) is 0 Å². The predicted octanol–water partition coefficient (Wildman–Crippen LogP) is 1.17. The largest absolute Gasteiger partial charge is 0.465 e. The molecule has 0 aromatic heterocycles. The lowest BCUT2D eigenvalue weighted by molar-refractivity contribution is -0.150. The van der Waals surface area contributed by atoms with Gasteiger partial charge in [-0.25, -0.2) is 0 Å². The SMILES string of the molecule is CCOC(=O)C(CC)N(CC)CC(=O)NC(C)C. The van der Waals surface area contributed by atoms with Gasteiger partial charge in [0.25, 0.3) is 0 Å². The van der Waals surface area contributed by atoms with Crippen LogP contribution >= 0.6 is 0 Å². The molecule has 0 aromatic rings. The summed E-state index contributed by atoms with van der Waals surface area (Å²) in [6.45, 7) is 10.7.